The Balaban J connectivity index is 0.924. The van der Waals surface area contributed by atoms with E-state index in [1.807, 2.05) is 41.3 Å². The molecular weight excluding hydrogens is 778 g/mol. The van der Waals surface area contributed by atoms with Crippen molar-refractivity contribution in [3.8, 4) is 16.9 Å². The van der Waals surface area contributed by atoms with Gasteiger partial charge in [0.2, 0.25) is 5.91 Å². The number of nitrogens with one attached hydrogen (secondary N) is 1. The van der Waals surface area contributed by atoms with Crippen molar-refractivity contribution in [1.82, 2.24) is 14.8 Å². The number of hydrogen-bond donors (Lipinski definition) is 2. The summed E-state index contributed by atoms with van der Waals surface area (Å²) in [6, 6.07) is 15.7. The Morgan fingerprint density at radius 1 is 0.847 bits per heavy atom. The molecule has 15 heteroatoms. The molecule has 6 rings (SSSR count). The van der Waals surface area contributed by atoms with Crippen LogP contribution < -0.4 is 10.2 Å². The topological polar surface area (TPSA) is 143 Å². The van der Waals surface area contributed by atoms with Crippen LogP contribution >= 0.6 is 11.3 Å². The van der Waals surface area contributed by atoms with E-state index in [9.17, 15) is 23.9 Å². The second kappa shape index (κ2) is 20.9. The number of aromatic hydroxyl groups is 1. The monoisotopic (exact) mass is 831 g/mol. The minimum atomic E-state index is -1.30. The maximum Gasteiger partial charge on any atom is 0.255 e. The van der Waals surface area contributed by atoms with Crippen LogP contribution in [0.25, 0.3) is 11.1 Å². The molecule has 13 nitrogen and oxygen atoms in total. The minimum absolute atomic E-state index is 0.0193. The predicted octanol–water partition coefficient (Wildman–Crippen LogP) is 6.53. The number of carbonyl (C=O) groups excluding carboxylic acids is 3. The molecule has 2 N–H and O–H groups in total. The number of carbonyl (C=O) groups is 3. The first-order valence-corrected chi connectivity index (χ1v) is 20.9. The van der Waals surface area contributed by atoms with Crippen molar-refractivity contribution in [3.63, 3.8) is 0 Å². The number of fused-ring (bicyclic) bond motifs is 1. The number of thiazole rings is 1. The fraction of sp³-hybridized carbons (Fsp3) is 0.455. The number of hydrogen-bond acceptors (Lipinski definition) is 11. The van der Waals surface area contributed by atoms with Gasteiger partial charge in [0.1, 0.15) is 17.6 Å². The van der Waals surface area contributed by atoms with Gasteiger partial charge in [-0.15, -0.1) is 11.3 Å². The number of aromatic nitrogens is 1. The fourth-order valence-corrected chi connectivity index (χ4v) is 7.43. The molecule has 3 amide bonds. The third-order valence-corrected chi connectivity index (χ3v) is 10.9. The Morgan fingerprint density at radius 2 is 1.49 bits per heavy atom. The lowest BCUT2D eigenvalue weighted by atomic mass is 9.93. The molecule has 3 heterocycles. The van der Waals surface area contributed by atoms with Gasteiger partial charge < -0.3 is 38.8 Å². The van der Waals surface area contributed by atoms with Crippen molar-refractivity contribution in [3.05, 3.63) is 94.7 Å². The van der Waals surface area contributed by atoms with Crippen molar-refractivity contribution in [2.45, 2.75) is 46.2 Å². The third-order valence-electron chi connectivity index (χ3n) is 10.2. The Hall–Kier alpha value is -4.93. The average molecular weight is 832 g/mol. The second-order valence-electron chi connectivity index (χ2n) is 15.7. The molecule has 1 unspecified atom stereocenters. The quantitative estimate of drug-likeness (QED) is 0.0945. The lowest BCUT2D eigenvalue weighted by Crippen LogP contribution is -2.49. The van der Waals surface area contributed by atoms with Gasteiger partial charge in [0, 0.05) is 67.7 Å². The Bertz CT molecular complexity index is 2000. The number of rotatable bonds is 20. The molecule has 2 aliphatic heterocycles. The summed E-state index contributed by atoms with van der Waals surface area (Å²) in [7, 11) is 0. The fourth-order valence-electron chi connectivity index (χ4n) is 6.90. The number of phenols is 1. The summed E-state index contributed by atoms with van der Waals surface area (Å²) in [5.41, 5.74) is 4.16. The Kier molecular flexibility index (Phi) is 15.4. The van der Waals surface area contributed by atoms with Gasteiger partial charge in [-0.05, 0) is 64.9 Å². The van der Waals surface area contributed by atoms with E-state index in [0.29, 0.717) is 95.1 Å². The second-order valence-corrected chi connectivity index (χ2v) is 16.6. The summed E-state index contributed by atoms with van der Waals surface area (Å²) in [6.45, 7) is 13.4. The minimum Gasteiger partial charge on any atom is -0.508 e. The van der Waals surface area contributed by atoms with Crippen LogP contribution in [-0.2, 0) is 35.1 Å². The van der Waals surface area contributed by atoms with Crippen molar-refractivity contribution >= 4 is 39.9 Å². The number of amides is 3. The van der Waals surface area contributed by atoms with E-state index in [4.69, 9.17) is 18.9 Å². The smallest absolute Gasteiger partial charge is 0.255 e. The number of benzene rings is 3. The van der Waals surface area contributed by atoms with Gasteiger partial charge >= 0.3 is 0 Å². The lowest BCUT2D eigenvalue weighted by molar-refractivity contribution is -0.132. The van der Waals surface area contributed by atoms with E-state index in [-0.39, 0.29) is 29.2 Å². The summed E-state index contributed by atoms with van der Waals surface area (Å²) in [5, 5.41) is 15.4. The standard InChI is InChI=1S/C44H54FN5O8S/c1-44(2,3)13-20-56-22-24-58-26-25-57-23-21-55-19-12-39(52)49-17-15-48(16-18-49)35-9-6-31(7-10-35)32-4-5-33-30-50(42(54)36(33)28-32)40(37-29-34(45)8-11-38(37)51)41(53)47-43-46-14-27-59-43/h4-11,14,27-29,40,51H,12-13,15-26,30H2,1-3H3,(H,46,47,53). The molecule has 0 bridgehead atoms. The molecule has 1 fully saturated rings. The highest BCUT2D eigenvalue weighted by Crippen LogP contribution is 2.38. The maximum absolute atomic E-state index is 14.4. The van der Waals surface area contributed by atoms with E-state index in [1.165, 1.54) is 28.5 Å². The molecule has 0 saturated carbocycles. The SMILES string of the molecule is CC(C)(C)CCOCCOCCOCCOCCC(=O)N1CCN(c2ccc(-c3ccc4c(c3)C(=O)N(C(C(=O)Nc3nccs3)c3cc(F)ccc3O)C4)cc2)CC1. The van der Waals surface area contributed by atoms with Crippen LogP contribution in [0, 0.1) is 11.2 Å². The summed E-state index contributed by atoms with van der Waals surface area (Å²) in [5.74, 6) is -1.89. The molecule has 2 aliphatic rings. The van der Waals surface area contributed by atoms with E-state index < -0.39 is 23.7 Å². The zero-order valence-corrected chi connectivity index (χ0v) is 34.8. The van der Waals surface area contributed by atoms with E-state index in [0.717, 1.165) is 42.0 Å². The Morgan fingerprint density at radius 3 is 2.14 bits per heavy atom. The first kappa shape index (κ1) is 43.6. The van der Waals surface area contributed by atoms with Crippen LogP contribution in [-0.4, -0.2) is 117 Å². The van der Waals surface area contributed by atoms with Crippen LogP contribution in [0.5, 0.6) is 5.75 Å². The van der Waals surface area contributed by atoms with Crippen LogP contribution in [0.1, 0.15) is 61.1 Å². The van der Waals surface area contributed by atoms with Crippen molar-refractivity contribution in [1.29, 1.82) is 0 Å². The van der Waals surface area contributed by atoms with Crippen molar-refractivity contribution in [2.24, 2.45) is 5.41 Å². The van der Waals surface area contributed by atoms with Gasteiger partial charge in [0.15, 0.2) is 5.13 Å². The molecule has 1 aromatic heterocycles. The largest absolute Gasteiger partial charge is 0.508 e. The van der Waals surface area contributed by atoms with Crippen LogP contribution in [0.3, 0.4) is 0 Å². The average Bonchev–Trinajstić information content (AvgIpc) is 3.86. The Labute approximate surface area is 349 Å². The van der Waals surface area contributed by atoms with Crippen molar-refractivity contribution < 1.29 is 42.8 Å². The molecule has 59 heavy (non-hydrogen) atoms. The van der Waals surface area contributed by atoms with E-state index in [2.05, 4.69) is 36.0 Å². The molecule has 1 atom stereocenters. The predicted molar refractivity (Wildman–Crippen MR) is 224 cm³/mol. The number of halogens is 1. The normalized spacial score (nSPS) is 14.8. The molecule has 3 aromatic carbocycles. The molecular formula is C44H54FN5O8S. The van der Waals surface area contributed by atoms with E-state index >= 15 is 0 Å². The summed E-state index contributed by atoms with van der Waals surface area (Å²) >= 11 is 1.21. The lowest BCUT2D eigenvalue weighted by Gasteiger charge is -2.36. The van der Waals surface area contributed by atoms with Crippen LogP contribution in [0.4, 0.5) is 15.2 Å². The van der Waals surface area contributed by atoms with Gasteiger partial charge in [-0.2, -0.15) is 0 Å². The first-order valence-electron chi connectivity index (χ1n) is 20.0. The molecule has 1 saturated heterocycles. The summed E-state index contributed by atoms with van der Waals surface area (Å²) in [6.07, 6.45) is 2.87. The van der Waals surface area contributed by atoms with Crippen LogP contribution in [0.15, 0.2) is 72.2 Å². The van der Waals surface area contributed by atoms with Gasteiger partial charge in [0.25, 0.3) is 11.8 Å². The summed E-state index contributed by atoms with van der Waals surface area (Å²) in [4.78, 5) is 49.9. The highest BCUT2D eigenvalue weighted by molar-refractivity contribution is 7.13. The van der Waals surface area contributed by atoms with Crippen molar-refractivity contribution in [2.75, 3.05) is 89.3 Å². The zero-order chi connectivity index (χ0) is 41.8. The number of phenolic OH excluding ortho intramolecular Hbond substituents is 1. The highest BCUT2D eigenvalue weighted by Gasteiger charge is 2.39. The molecule has 316 valence electrons. The van der Waals surface area contributed by atoms with Crippen LogP contribution in [0.2, 0.25) is 0 Å². The molecule has 0 spiro atoms. The van der Waals surface area contributed by atoms with Gasteiger partial charge in [-0.3, -0.25) is 19.7 Å². The number of anilines is 2. The maximum atomic E-state index is 14.4. The van der Waals surface area contributed by atoms with Gasteiger partial charge in [-0.25, -0.2) is 9.37 Å². The highest BCUT2D eigenvalue weighted by atomic mass is 32.1. The molecule has 4 aromatic rings. The van der Waals surface area contributed by atoms with Gasteiger partial charge in [0.05, 0.1) is 52.7 Å². The number of ether oxygens (including phenoxy) is 4. The van der Waals surface area contributed by atoms with Gasteiger partial charge in [-0.1, -0.05) is 45.0 Å². The zero-order valence-electron chi connectivity index (χ0n) is 34.0. The summed E-state index contributed by atoms with van der Waals surface area (Å²) < 4.78 is 36.7. The molecule has 0 radical (unpaired) electrons. The van der Waals surface area contributed by atoms with E-state index in [1.54, 1.807) is 11.4 Å². The first-order chi connectivity index (χ1) is 28.5. The number of nitrogens with zero attached hydrogens (tertiary/aromatic N) is 4. The third kappa shape index (κ3) is 12.3. The number of piperazine rings is 1. The molecule has 0 aliphatic carbocycles.